The van der Waals surface area contributed by atoms with Crippen LogP contribution in [0, 0.1) is 6.92 Å². The van der Waals surface area contributed by atoms with E-state index in [2.05, 4.69) is 10.4 Å². The quantitative estimate of drug-likeness (QED) is 0.638. The number of aromatic nitrogens is 1. The summed E-state index contributed by atoms with van der Waals surface area (Å²) in [5.74, 6) is 7.22. The van der Waals surface area contributed by atoms with E-state index in [1.165, 1.54) is 0 Å². The lowest BCUT2D eigenvalue weighted by Crippen LogP contribution is -2.29. The molecule has 5 nitrogen and oxygen atoms in total. The Morgan fingerprint density at radius 1 is 1.37 bits per heavy atom. The Labute approximate surface area is 112 Å². The van der Waals surface area contributed by atoms with Gasteiger partial charge < -0.3 is 9.15 Å². The van der Waals surface area contributed by atoms with Crippen LogP contribution in [0.15, 0.2) is 35.2 Å². The maximum Gasteiger partial charge on any atom is 0.138 e. The van der Waals surface area contributed by atoms with Crippen LogP contribution in [0.4, 0.5) is 0 Å². The molecule has 2 heterocycles. The zero-order valence-corrected chi connectivity index (χ0v) is 11.4. The van der Waals surface area contributed by atoms with Gasteiger partial charge in [-0.1, -0.05) is 0 Å². The highest BCUT2D eigenvalue weighted by Gasteiger charge is 2.17. The summed E-state index contributed by atoms with van der Waals surface area (Å²) in [6.45, 7) is 5.86. The van der Waals surface area contributed by atoms with Crippen LogP contribution in [0.2, 0.25) is 0 Å². The zero-order chi connectivity index (χ0) is 13.8. The second-order valence-corrected chi connectivity index (χ2v) is 4.65. The van der Waals surface area contributed by atoms with E-state index in [9.17, 15) is 0 Å². The van der Waals surface area contributed by atoms with Crippen LogP contribution in [0.3, 0.4) is 0 Å². The lowest BCUT2D eigenvalue weighted by atomic mass is 10.0. The van der Waals surface area contributed by atoms with Gasteiger partial charge in [0.05, 0.1) is 24.6 Å². The molecule has 0 aliphatic rings. The van der Waals surface area contributed by atoms with Crippen LogP contribution in [0.25, 0.3) is 0 Å². The van der Waals surface area contributed by atoms with Crippen molar-refractivity contribution in [3.63, 3.8) is 0 Å². The van der Waals surface area contributed by atoms with Crippen molar-refractivity contribution in [2.45, 2.75) is 32.9 Å². The van der Waals surface area contributed by atoms with E-state index in [1.54, 1.807) is 18.7 Å². The molecule has 0 radical (unpaired) electrons. The highest BCUT2D eigenvalue weighted by atomic mass is 16.5. The molecule has 0 aliphatic heterocycles. The largest absolute Gasteiger partial charge is 0.489 e. The number of nitrogens with two attached hydrogens (primary N) is 1. The molecule has 2 aromatic rings. The standard InChI is InChI=1S/C14H19N3O2/c1-9(2)19-12-6-11(7-16-8-12)14(17-15)13-4-5-18-10(13)3/h4-9,14,17H,15H2,1-3H3. The topological polar surface area (TPSA) is 73.3 Å². The molecule has 0 aromatic carbocycles. The number of hydrogen-bond donors (Lipinski definition) is 2. The number of aryl methyl sites for hydroxylation is 1. The Kier molecular flexibility index (Phi) is 4.19. The van der Waals surface area contributed by atoms with E-state index in [4.69, 9.17) is 15.0 Å². The minimum absolute atomic E-state index is 0.108. The van der Waals surface area contributed by atoms with Crippen molar-refractivity contribution < 1.29 is 9.15 Å². The number of ether oxygens (including phenoxy) is 1. The smallest absolute Gasteiger partial charge is 0.138 e. The Morgan fingerprint density at radius 2 is 2.16 bits per heavy atom. The van der Waals surface area contributed by atoms with Crippen LogP contribution >= 0.6 is 0 Å². The molecule has 0 aliphatic carbocycles. The summed E-state index contributed by atoms with van der Waals surface area (Å²) in [7, 11) is 0. The van der Waals surface area contributed by atoms with Crippen LogP contribution in [0.1, 0.15) is 36.8 Å². The van der Waals surface area contributed by atoms with Crippen molar-refractivity contribution in [2.24, 2.45) is 5.84 Å². The van der Waals surface area contributed by atoms with Gasteiger partial charge in [0.2, 0.25) is 0 Å². The van der Waals surface area contributed by atoms with E-state index in [0.717, 1.165) is 22.6 Å². The molecule has 0 saturated heterocycles. The molecule has 0 amide bonds. The molecule has 0 saturated carbocycles. The highest BCUT2D eigenvalue weighted by molar-refractivity contribution is 5.34. The number of hydrazine groups is 1. The SMILES string of the molecule is Cc1occc1C(NN)c1cncc(OC(C)C)c1. The zero-order valence-electron chi connectivity index (χ0n) is 11.4. The van der Waals surface area contributed by atoms with Gasteiger partial charge in [-0.3, -0.25) is 10.8 Å². The number of nitrogens with one attached hydrogen (secondary N) is 1. The van der Waals surface area contributed by atoms with Crippen molar-refractivity contribution in [3.8, 4) is 5.75 Å². The molecular formula is C14H19N3O2. The van der Waals surface area contributed by atoms with Gasteiger partial charge in [-0.15, -0.1) is 0 Å². The normalized spacial score (nSPS) is 12.7. The number of pyridine rings is 1. The van der Waals surface area contributed by atoms with Crippen LogP contribution in [-0.4, -0.2) is 11.1 Å². The predicted octanol–water partition coefficient (Wildman–Crippen LogP) is 2.32. The summed E-state index contributed by atoms with van der Waals surface area (Å²) >= 11 is 0. The van der Waals surface area contributed by atoms with Gasteiger partial charge in [-0.05, 0) is 38.5 Å². The van der Waals surface area contributed by atoms with Crippen molar-refractivity contribution in [1.29, 1.82) is 0 Å². The second kappa shape index (κ2) is 5.86. The second-order valence-electron chi connectivity index (χ2n) is 4.65. The van der Waals surface area contributed by atoms with Crippen LogP contribution < -0.4 is 16.0 Å². The Hall–Kier alpha value is -1.85. The number of rotatable bonds is 5. The predicted molar refractivity (Wildman–Crippen MR) is 72.6 cm³/mol. The van der Waals surface area contributed by atoms with Crippen LogP contribution in [-0.2, 0) is 0 Å². The molecule has 1 unspecified atom stereocenters. The summed E-state index contributed by atoms with van der Waals surface area (Å²) < 4.78 is 11.0. The lowest BCUT2D eigenvalue weighted by Gasteiger charge is -2.17. The van der Waals surface area contributed by atoms with Gasteiger partial charge in [0.15, 0.2) is 0 Å². The van der Waals surface area contributed by atoms with Gasteiger partial charge in [0.1, 0.15) is 11.5 Å². The maximum absolute atomic E-state index is 5.66. The molecule has 2 aromatic heterocycles. The van der Waals surface area contributed by atoms with Crippen molar-refractivity contribution >= 4 is 0 Å². The van der Waals surface area contributed by atoms with Gasteiger partial charge in [0.25, 0.3) is 0 Å². The molecule has 2 rings (SSSR count). The van der Waals surface area contributed by atoms with E-state index in [1.807, 2.05) is 32.9 Å². The third kappa shape index (κ3) is 3.13. The average Bonchev–Trinajstić information content (AvgIpc) is 2.77. The Balaban J connectivity index is 2.31. The summed E-state index contributed by atoms with van der Waals surface area (Å²) in [5, 5.41) is 0. The fraction of sp³-hybridized carbons (Fsp3) is 0.357. The van der Waals surface area contributed by atoms with Gasteiger partial charge >= 0.3 is 0 Å². The van der Waals surface area contributed by atoms with E-state index in [-0.39, 0.29) is 12.1 Å². The summed E-state index contributed by atoms with van der Waals surface area (Å²) in [6, 6.07) is 3.67. The summed E-state index contributed by atoms with van der Waals surface area (Å²) in [6.07, 6.45) is 5.22. The van der Waals surface area contributed by atoms with Crippen molar-refractivity contribution in [2.75, 3.05) is 0 Å². The van der Waals surface area contributed by atoms with Crippen molar-refractivity contribution in [3.05, 3.63) is 47.7 Å². The van der Waals surface area contributed by atoms with Crippen molar-refractivity contribution in [1.82, 2.24) is 10.4 Å². The molecule has 1 atom stereocenters. The fourth-order valence-electron chi connectivity index (χ4n) is 1.99. The van der Waals surface area contributed by atoms with Gasteiger partial charge in [-0.25, -0.2) is 5.43 Å². The molecule has 102 valence electrons. The summed E-state index contributed by atoms with van der Waals surface area (Å²) in [4.78, 5) is 4.19. The number of hydrogen-bond acceptors (Lipinski definition) is 5. The first-order valence-corrected chi connectivity index (χ1v) is 6.23. The first-order valence-electron chi connectivity index (χ1n) is 6.23. The molecule has 0 bridgehead atoms. The minimum atomic E-state index is -0.165. The summed E-state index contributed by atoms with van der Waals surface area (Å²) in [5.41, 5.74) is 4.71. The molecule has 19 heavy (non-hydrogen) atoms. The average molecular weight is 261 g/mol. The molecule has 0 spiro atoms. The Morgan fingerprint density at radius 3 is 2.74 bits per heavy atom. The van der Waals surface area contributed by atoms with Gasteiger partial charge in [0, 0.05) is 11.8 Å². The first kappa shape index (κ1) is 13.6. The third-order valence-corrected chi connectivity index (χ3v) is 2.82. The number of nitrogens with zero attached hydrogens (tertiary/aromatic N) is 1. The molecule has 5 heteroatoms. The van der Waals surface area contributed by atoms with Crippen LogP contribution in [0.5, 0.6) is 5.75 Å². The van der Waals surface area contributed by atoms with E-state index < -0.39 is 0 Å². The van der Waals surface area contributed by atoms with Gasteiger partial charge in [-0.2, -0.15) is 0 Å². The monoisotopic (exact) mass is 261 g/mol. The minimum Gasteiger partial charge on any atom is -0.489 e. The van der Waals surface area contributed by atoms with E-state index in [0.29, 0.717) is 0 Å². The molecular weight excluding hydrogens is 242 g/mol. The first-order chi connectivity index (χ1) is 9.11. The Bertz CT molecular complexity index is 537. The lowest BCUT2D eigenvalue weighted by molar-refractivity contribution is 0.241. The number of furan rings is 1. The van der Waals surface area contributed by atoms with E-state index >= 15 is 0 Å². The molecule has 3 N–H and O–H groups in total. The fourth-order valence-corrected chi connectivity index (χ4v) is 1.99. The molecule has 0 fully saturated rings. The highest BCUT2D eigenvalue weighted by Crippen LogP contribution is 2.26. The third-order valence-electron chi connectivity index (χ3n) is 2.82. The maximum atomic E-state index is 5.66.